The smallest absolute Gasteiger partial charge is 0.00516 e. The molecule has 0 heteroatoms. The monoisotopic (exact) mass is 172 g/mol. The van der Waals surface area contributed by atoms with Crippen LogP contribution in [0.3, 0.4) is 0 Å². The van der Waals surface area contributed by atoms with Crippen molar-refractivity contribution in [1.29, 1.82) is 0 Å². The molecule has 0 fully saturated rings. The maximum Gasteiger partial charge on any atom is 0.00516 e. The lowest BCUT2D eigenvalue weighted by molar-refractivity contribution is 0.778. The molecule has 1 aliphatic rings. The van der Waals surface area contributed by atoms with Gasteiger partial charge in [0.15, 0.2) is 0 Å². The molecule has 0 radical (unpaired) electrons. The van der Waals surface area contributed by atoms with E-state index in [-0.39, 0.29) is 0 Å². The summed E-state index contributed by atoms with van der Waals surface area (Å²) in [6.07, 6.45) is 4.69. The zero-order chi connectivity index (χ0) is 9.26. The second-order valence-electron chi connectivity index (χ2n) is 3.70. The van der Waals surface area contributed by atoms with Crippen LogP contribution in [0.15, 0.2) is 35.9 Å². The van der Waals surface area contributed by atoms with Crippen LogP contribution in [-0.2, 0) is 6.42 Å². The molecule has 1 unspecified atom stereocenters. The van der Waals surface area contributed by atoms with Crippen LogP contribution in [0, 0.1) is 0 Å². The van der Waals surface area contributed by atoms with Gasteiger partial charge in [0, 0.05) is 5.92 Å². The van der Waals surface area contributed by atoms with Crippen molar-refractivity contribution in [2.24, 2.45) is 0 Å². The second kappa shape index (κ2) is 3.37. The number of hydrogen-bond donors (Lipinski definition) is 0. The molecule has 0 nitrogen and oxygen atoms in total. The van der Waals surface area contributed by atoms with E-state index in [9.17, 15) is 0 Å². The van der Waals surface area contributed by atoms with E-state index >= 15 is 0 Å². The molecule has 0 spiro atoms. The summed E-state index contributed by atoms with van der Waals surface area (Å²) in [5.74, 6) is 0.696. The standard InChI is InChI=1S/C13H16/c1-3-10-9-11-7-5-6-8-13(11)12(10)4-2/h3,5-8,12H,4,9H2,1-2H3/b10-3+. The minimum Gasteiger partial charge on any atom is -0.0875 e. The molecule has 2 rings (SSSR count). The Labute approximate surface area is 80.3 Å². The summed E-state index contributed by atoms with van der Waals surface area (Å²) >= 11 is 0. The van der Waals surface area contributed by atoms with Gasteiger partial charge in [-0.15, -0.1) is 0 Å². The molecule has 0 heterocycles. The highest BCUT2D eigenvalue weighted by Crippen LogP contribution is 2.39. The van der Waals surface area contributed by atoms with E-state index in [1.807, 2.05) is 0 Å². The number of rotatable bonds is 1. The average Bonchev–Trinajstić information content (AvgIpc) is 2.55. The van der Waals surface area contributed by atoms with Gasteiger partial charge in [-0.1, -0.05) is 42.8 Å². The number of hydrogen-bond acceptors (Lipinski definition) is 0. The van der Waals surface area contributed by atoms with Gasteiger partial charge in [0.05, 0.1) is 0 Å². The zero-order valence-electron chi connectivity index (χ0n) is 8.38. The number of fused-ring (bicyclic) bond motifs is 1. The molecule has 0 aromatic heterocycles. The SMILES string of the molecule is C/C=C1\Cc2ccccc2C1CC. The van der Waals surface area contributed by atoms with E-state index < -0.39 is 0 Å². The van der Waals surface area contributed by atoms with Gasteiger partial charge in [-0.3, -0.25) is 0 Å². The third-order valence-corrected chi connectivity index (χ3v) is 3.05. The normalized spacial score (nSPS) is 23.5. The van der Waals surface area contributed by atoms with Crippen LogP contribution in [0.25, 0.3) is 0 Å². The number of benzene rings is 1. The average molecular weight is 172 g/mol. The van der Waals surface area contributed by atoms with Gasteiger partial charge in [0.2, 0.25) is 0 Å². The Bertz CT molecular complexity index is 334. The first kappa shape index (κ1) is 8.55. The van der Waals surface area contributed by atoms with Crippen molar-refractivity contribution in [3.63, 3.8) is 0 Å². The fourth-order valence-corrected chi connectivity index (χ4v) is 2.36. The Morgan fingerprint density at radius 3 is 2.85 bits per heavy atom. The first-order valence-electron chi connectivity index (χ1n) is 5.09. The van der Waals surface area contributed by atoms with Crippen molar-refractivity contribution in [1.82, 2.24) is 0 Å². The quantitative estimate of drug-likeness (QED) is 0.567. The molecule has 68 valence electrons. The van der Waals surface area contributed by atoms with Crippen LogP contribution in [0.4, 0.5) is 0 Å². The van der Waals surface area contributed by atoms with E-state index in [1.54, 1.807) is 11.1 Å². The van der Waals surface area contributed by atoms with E-state index in [2.05, 4.69) is 44.2 Å². The number of allylic oxidation sites excluding steroid dienone is 2. The fourth-order valence-electron chi connectivity index (χ4n) is 2.36. The lowest BCUT2D eigenvalue weighted by Gasteiger charge is -2.09. The van der Waals surface area contributed by atoms with Crippen molar-refractivity contribution in [3.05, 3.63) is 47.0 Å². The highest BCUT2D eigenvalue weighted by molar-refractivity contribution is 5.45. The Hall–Kier alpha value is -1.04. The minimum absolute atomic E-state index is 0.696. The summed E-state index contributed by atoms with van der Waals surface area (Å²) in [5, 5.41) is 0. The summed E-state index contributed by atoms with van der Waals surface area (Å²) < 4.78 is 0. The van der Waals surface area contributed by atoms with Crippen LogP contribution in [0.5, 0.6) is 0 Å². The van der Waals surface area contributed by atoms with Gasteiger partial charge >= 0.3 is 0 Å². The third-order valence-electron chi connectivity index (χ3n) is 3.05. The molecular weight excluding hydrogens is 156 g/mol. The summed E-state index contributed by atoms with van der Waals surface area (Å²) in [5.41, 5.74) is 4.68. The molecule has 1 aromatic rings. The van der Waals surface area contributed by atoms with Gasteiger partial charge in [0.1, 0.15) is 0 Å². The molecule has 0 aliphatic heterocycles. The van der Waals surface area contributed by atoms with Gasteiger partial charge < -0.3 is 0 Å². The second-order valence-corrected chi connectivity index (χ2v) is 3.70. The molecule has 1 aliphatic carbocycles. The molecule has 1 aromatic carbocycles. The summed E-state index contributed by atoms with van der Waals surface area (Å²) in [6, 6.07) is 8.83. The Morgan fingerprint density at radius 2 is 2.15 bits per heavy atom. The van der Waals surface area contributed by atoms with Gasteiger partial charge in [0.25, 0.3) is 0 Å². The lowest BCUT2D eigenvalue weighted by atomic mass is 9.95. The molecule has 0 saturated heterocycles. The van der Waals surface area contributed by atoms with Crippen LogP contribution in [0.1, 0.15) is 37.3 Å². The maximum atomic E-state index is 2.29. The van der Waals surface area contributed by atoms with Gasteiger partial charge in [-0.25, -0.2) is 0 Å². The first-order valence-corrected chi connectivity index (χ1v) is 5.09. The maximum absolute atomic E-state index is 2.29. The van der Waals surface area contributed by atoms with E-state index in [4.69, 9.17) is 0 Å². The summed E-state index contributed by atoms with van der Waals surface area (Å²) in [4.78, 5) is 0. The molecule has 13 heavy (non-hydrogen) atoms. The minimum atomic E-state index is 0.696. The van der Waals surface area contributed by atoms with Crippen molar-refractivity contribution in [2.75, 3.05) is 0 Å². The van der Waals surface area contributed by atoms with Crippen LogP contribution in [-0.4, -0.2) is 0 Å². The molecule has 0 saturated carbocycles. The van der Waals surface area contributed by atoms with Crippen molar-refractivity contribution in [3.8, 4) is 0 Å². The Kier molecular flexibility index (Phi) is 2.22. The van der Waals surface area contributed by atoms with Crippen molar-refractivity contribution >= 4 is 0 Å². The largest absolute Gasteiger partial charge is 0.0875 e. The van der Waals surface area contributed by atoms with Crippen molar-refractivity contribution in [2.45, 2.75) is 32.6 Å². The molecule has 0 bridgehead atoms. The zero-order valence-corrected chi connectivity index (χ0v) is 8.38. The highest BCUT2D eigenvalue weighted by Gasteiger charge is 2.23. The van der Waals surface area contributed by atoms with E-state index in [0.29, 0.717) is 5.92 Å². The molecular formula is C13H16. The third kappa shape index (κ3) is 1.31. The Morgan fingerprint density at radius 1 is 1.38 bits per heavy atom. The van der Waals surface area contributed by atoms with Crippen LogP contribution >= 0.6 is 0 Å². The predicted molar refractivity (Wildman–Crippen MR) is 56.9 cm³/mol. The Balaban J connectivity index is 2.46. The molecule has 1 atom stereocenters. The summed E-state index contributed by atoms with van der Waals surface area (Å²) in [6.45, 7) is 4.43. The van der Waals surface area contributed by atoms with E-state index in [1.165, 1.54) is 18.4 Å². The van der Waals surface area contributed by atoms with Crippen LogP contribution in [0.2, 0.25) is 0 Å². The van der Waals surface area contributed by atoms with E-state index in [0.717, 1.165) is 0 Å². The molecule has 0 N–H and O–H groups in total. The van der Waals surface area contributed by atoms with Gasteiger partial charge in [-0.05, 0) is 30.9 Å². The topological polar surface area (TPSA) is 0 Å². The fraction of sp³-hybridized carbons (Fsp3) is 0.385. The highest BCUT2D eigenvalue weighted by atomic mass is 14.3. The van der Waals surface area contributed by atoms with Crippen LogP contribution < -0.4 is 0 Å². The first-order chi connectivity index (χ1) is 6.36. The molecule has 0 amide bonds. The predicted octanol–water partition coefficient (Wildman–Crippen LogP) is 3.68. The lowest BCUT2D eigenvalue weighted by Crippen LogP contribution is -1.93. The van der Waals surface area contributed by atoms with Crippen molar-refractivity contribution < 1.29 is 0 Å². The summed E-state index contributed by atoms with van der Waals surface area (Å²) in [7, 11) is 0. The van der Waals surface area contributed by atoms with Gasteiger partial charge in [-0.2, -0.15) is 0 Å².